The molecule has 9 rings (SSSR count). The molecule has 6 amide bonds. The Hall–Kier alpha value is -6.90. The second-order valence-electron chi connectivity index (χ2n) is 17.8. The Balaban J connectivity index is 0.725. The summed E-state index contributed by atoms with van der Waals surface area (Å²) in [4.78, 5) is 86.8. The molecule has 0 aliphatic carbocycles. The van der Waals surface area contributed by atoms with Crippen LogP contribution >= 0.6 is 0 Å². The van der Waals surface area contributed by atoms with Crippen molar-refractivity contribution >= 4 is 57.9 Å². The van der Waals surface area contributed by atoms with Gasteiger partial charge >= 0.3 is 0 Å². The van der Waals surface area contributed by atoms with Crippen LogP contribution in [0.5, 0.6) is 0 Å². The van der Waals surface area contributed by atoms with E-state index in [0.717, 1.165) is 39.4 Å². The van der Waals surface area contributed by atoms with Crippen LogP contribution in [0.4, 0.5) is 20.2 Å². The Labute approximate surface area is 401 Å². The number of nitrogens with one attached hydrogen (secondary N) is 2. The van der Waals surface area contributed by atoms with Crippen molar-refractivity contribution in [2.24, 2.45) is 0 Å². The summed E-state index contributed by atoms with van der Waals surface area (Å²) in [6.45, 7) is 6.79. The lowest BCUT2D eigenvalue weighted by atomic mass is 9.98. The number of ether oxygens (including phenoxy) is 3. The molecule has 18 nitrogen and oxygen atoms in total. The van der Waals surface area contributed by atoms with E-state index in [9.17, 15) is 37.5 Å². The first-order valence-corrected chi connectivity index (χ1v) is 23.7. The van der Waals surface area contributed by atoms with E-state index >= 15 is 0 Å². The van der Waals surface area contributed by atoms with E-state index in [4.69, 9.17) is 23.7 Å². The summed E-state index contributed by atoms with van der Waals surface area (Å²) in [7, 11) is 0. The molecule has 3 saturated heterocycles. The van der Waals surface area contributed by atoms with Crippen LogP contribution in [0.1, 0.15) is 101 Å². The van der Waals surface area contributed by atoms with Crippen LogP contribution in [0.3, 0.4) is 0 Å². The minimum absolute atomic E-state index is 0.0216. The van der Waals surface area contributed by atoms with Gasteiger partial charge in [0, 0.05) is 61.5 Å². The highest BCUT2D eigenvalue weighted by Gasteiger charge is 2.46. The molecule has 4 aliphatic rings. The van der Waals surface area contributed by atoms with Crippen LogP contribution < -0.4 is 15.5 Å². The summed E-state index contributed by atoms with van der Waals surface area (Å²) in [5.74, 6) is -3.18. The van der Waals surface area contributed by atoms with E-state index in [0.29, 0.717) is 87.9 Å². The number of piperidine rings is 3. The number of aromatic nitrogens is 3. The standard InChI is InChI=1S/C50H54F2N8O10/c1-29-45(30(2)70-56-29)31-9-12-39-38(27-31)54-47(40-7-4-8-44(63)58(40)33-10-11-35(51)36(52)28-33)59(39)32-15-19-57(20-16-32)43(62)17-21-67-23-25-69-26-24-68-22-18-53-37-6-3-5-34-46(37)50(66)60(49(34)65)41-13-14-42(61)55-48(41)64/h3,5-6,9-12,27-28,32,40-41,53H,4,7-8,13-26H2,1-2H3,(H,55,61,64)/t40-,41?/m0/s1. The summed E-state index contributed by atoms with van der Waals surface area (Å²) >= 11 is 0. The molecule has 70 heavy (non-hydrogen) atoms. The molecule has 6 heterocycles. The quantitative estimate of drug-likeness (QED) is 0.0769. The number of hydrogen-bond acceptors (Lipinski definition) is 13. The maximum absolute atomic E-state index is 14.6. The molecule has 2 aromatic heterocycles. The molecule has 0 spiro atoms. The lowest BCUT2D eigenvalue weighted by Gasteiger charge is -2.38. The summed E-state index contributed by atoms with van der Waals surface area (Å²) in [6, 6.07) is 12.8. The van der Waals surface area contributed by atoms with E-state index in [1.165, 1.54) is 12.1 Å². The van der Waals surface area contributed by atoms with E-state index in [-0.39, 0.29) is 80.2 Å². The minimum atomic E-state index is -1.04. The number of likely N-dealkylation sites (tertiary alicyclic amines) is 1. The summed E-state index contributed by atoms with van der Waals surface area (Å²) in [5, 5.41) is 9.46. The highest BCUT2D eigenvalue weighted by molar-refractivity contribution is 6.25. The maximum Gasteiger partial charge on any atom is 0.264 e. The van der Waals surface area contributed by atoms with Crippen molar-refractivity contribution in [1.29, 1.82) is 0 Å². The normalized spacial score (nSPS) is 18.9. The number of fused-ring (bicyclic) bond motifs is 2. The Morgan fingerprint density at radius 1 is 0.800 bits per heavy atom. The predicted octanol–water partition coefficient (Wildman–Crippen LogP) is 5.96. The lowest BCUT2D eigenvalue weighted by molar-refractivity contribution is -0.136. The van der Waals surface area contributed by atoms with Crippen LogP contribution in [-0.2, 0) is 33.4 Å². The number of hydrogen-bond donors (Lipinski definition) is 2. The number of imidazole rings is 1. The Morgan fingerprint density at radius 3 is 2.29 bits per heavy atom. The lowest BCUT2D eigenvalue weighted by Crippen LogP contribution is -2.54. The number of rotatable bonds is 18. The molecule has 2 N–H and O–H groups in total. The fourth-order valence-corrected chi connectivity index (χ4v) is 10.0. The van der Waals surface area contributed by atoms with Crippen molar-refractivity contribution < 1.29 is 56.3 Å². The smallest absolute Gasteiger partial charge is 0.264 e. The number of carbonyl (C=O) groups excluding carboxylic acids is 6. The number of aryl methyl sites for hydroxylation is 2. The fraction of sp³-hybridized carbons (Fsp3) is 0.440. The van der Waals surface area contributed by atoms with Gasteiger partial charge in [-0.05, 0) is 87.9 Å². The van der Waals surface area contributed by atoms with Crippen molar-refractivity contribution in [3.05, 3.63) is 94.6 Å². The highest BCUT2D eigenvalue weighted by Crippen LogP contribution is 2.41. The number of anilines is 2. The number of carbonyl (C=O) groups is 6. The first-order valence-electron chi connectivity index (χ1n) is 23.7. The third-order valence-electron chi connectivity index (χ3n) is 13.4. The fourth-order valence-electron chi connectivity index (χ4n) is 10.0. The van der Waals surface area contributed by atoms with Gasteiger partial charge in [0.05, 0.1) is 80.0 Å². The van der Waals surface area contributed by atoms with E-state index in [1.807, 2.05) is 36.9 Å². The molecule has 1 unspecified atom stereocenters. The molecule has 5 aromatic rings. The average Bonchev–Trinajstić information content (AvgIpc) is 3.99. The zero-order chi connectivity index (χ0) is 49.1. The largest absolute Gasteiger partial charge is 0.382 e. The molecule has 20 heteroatoms. The van der Waals surface area contributed by atoms with Gasteiger partial charge in [-0.1, -0.05) is 17.3 Å². The van der Waals surface area contributed by atoms with Gasteiger partial charge in [0.1, 0.15) is 17.6 Å². The minimum Gasteiger partial charge on any atom is -0.382 e. The van der Waals surface area contributed by atoms with Crippen molar-refractivity contribution in [1.82, 2.24) is 29.8 Å². The highest BCUT2D eigenvalue weighted by atomic mass is 19.2. The summed E-state index contributed by atoms with van der Waals surface area (Å²) < 4.78 is 53.3. The molecule has 0 radical (unpaired) electrons. The summed E-state index contributed by atoms with van der Waals surface area (Å²) in [5.41, 5.74) is 5.18. The Bertz CT molecular complexity index is 2820. The number of imide groups is 2. The van der Waals surface area contributed by atoms with Crippen molar-refractivity contribution in [2.75, 3.05) is 69.5 Å². The molecular weight excluding hydrogens is 911 g/mol. The predicted molar refractivity (Wildman–Crippen MR) is 249 cm³/mol. The number of amides is 6. The number of halogens is 2. The van der Waals surface area contributed by atoms with Gasteiger partial charge in [-0.2, -0.15) is 0 Å². The van der Waals surface area contributed by atoms with E-state index in [1.54, 1.807) is 17.0 Å². The van der Waals surface area contributed by atoms with Gasteiger partial charge in [0.25, 0.3) is 11.8 Å². The zero-order valence-electron chi connectivity index (χ0n) is 39.0. The van der Waals surface area contributed by atoms with Gasteiger partial charge in [-0.3, -0.25) is 39.0 Å². The SMILES string of the molecule is Cc1noc(C)c1-c1ccc2c(c1)nc([C@@H]1CCCC(=O)N1c1ccc(F)c(F)c1)n2C1CCN(C(=O)CCOCCOCCOCCNc2cccc3c2C(=O)N(C2CCC(=O)NC2=O)C3=O)CC1. The molecule has 4 aliphatic heterocycles. The Kier molecular flexibility index (Phi) is 14.4. The van der Waals surface area contributed by atoms with Crippen molar-refractivity contribution in [3.63, 3.8) is 0 Å². The van der Waals surface area contributed by atoms with Gasteiger partial charge in [-0.25, -0.2) is 13.8 Å². The summed E-state index contributed by atoms with van der Waals surface area (Å²) in [6.07, 6.45) is 3.04. The van der Waals surface area contributed by atoms with Crippen LogP contribution in [0.2, 0.25) is 0 Å². The van der Waals surface area contributed by atoms with Gasteiger partial charge in [-0.15, -0.1) is 0 Å². The number of benzene rings is 3. The monoisotopic (exact) mass is 964 g/mol. The first-order chi connectivity index (χ1) is 33.9. The van der Waals surface area contributed by atoms with Crippen LogP contribution in [0.25, 0.3) is 22.2 Å². The zero-order valence-corrected chi connectivity index (χ0v) is 39.0. The average molecular weight is 965 g/mol. The molecule has 0 saturated carbocycles. The topological polar surface area (TPSA) is 208 Å². The molecule has 3 fully saturated rings. The third-order valence-corrected chi connectivity index (χ3v) is 13.4. The molecule has 0 bridgehead atoms. The Morgan fingerprint density at radius 2 is 1.56 bits per heavy atom. The molecular formula is C50H54F2N8O10. The van der Waals surface area contributed by atoms with Crippen molar-refractivity contribution in [3.8, 4) is 11.1 Å². The maximum atomic E-state index is 14.6. The van der Waals surface area contributed by atoms with Gasteiger partial charge < -0.3 is 38.4 Å². The van der Waals surface area contributed by atoms with Crippen LogP contribution in [-0.4, -0.2) is 125 Å². The second-order valence-corrected chi connectivity index (χ2v) is 17.8. The van der Waals surface area contributed by atoms with Gasteiger partial charge in [0.15, 0.2) is 11.6 Å². The van der Waals surface area contributed by atoms with Crippen LogP contribution in [0.15, 0.2) is 59.1 Å². The number of nitrogens with zero attached hydrogens (tertiary/aromatic N) is 6. The second kappa shape index (κ2) is 21.0. The first kappa shape index (κ1) is 48.1. The van der Waals surface area contributed by atoms with Gasteiger partial charge in [0.2, 0.25) is 23.6 Å². The third kappa shape index (κ3) is 9.80. The van der Waals surface area contributed by atoms with E-state index < -0.39 is 47.3 Å². The molecule has 2 atom stereocenters. The molecule has 368 valence electrons. The van der Waals surface area contributed by atoms with Crippen LogP contribution in [0, 0.1) is 25.5 Å². The van der Waals surface area contributed by atoms with Crippen molar-refractivity contribution in [2.45, 2.75) is 83.3 Å². The van der Waals surface area contributed by atoms with E-state index in [2.05, 4.69) is 20.4 Å². The molecule has 3 aromatic carbocycles.